The molecule has 0 N–H and O–H groups in total. The van der Waals surface area contributed by atoms with Crippen molar-refractivity contribution in [3.63, 3.8) is 0 Å². The number of ether oxygens (including phenoxy) is 3. The summed E-state index contributed by atoms with van der Waals surface area (Å²) in [6, 6.07) is 0. The Bertz CT molecular complexity index is 979. The molecule has 3 atom stereocenters. The molecule has 0 aromatic carbocycles. The first-order chi connectivity index (χ1) is 20.8. The van der Waals surface area contributed by atoms with E-state index in [1.165, 1.54) is 7.11 Å². The minimum absolute atomic E-state index is 0.0405. The van der Waals surface area contributed by atoms with Crippen molar-refractivity contribution in [2.24, 2.45) is 5.92 Å². The van der Waals surface area contributed by atoms with Crippen molar-refractivity contribution in [1.82, 2.24) is 0 Å². The van der Waals surface area contributed by atoms with Gasteiger partial charge in [-0.25, -0.2) is 0 Å². The van der Waals surface area contributed by atoms with Crippen LogP contribution in [-0.4, -0.2) is 66.9 Å². The number of esters is 2. The third-order valence-electron chi connectivity index (χ3n) is 9.35. The van der Waals surface area contributed by atoms with Gasteiger partial charge in [0.1, 0.15) is 5.76 Å². The van der Waals surface area contributed by atoms with Gasteiger partial charge in [-0.15, -0.1) is 11.8 Å². The average molecular weight is 687 g/mol. The molecule has 1 aliphatic carbocycles. The average Bonchev–Trinajstić information content (AvgIpc) is 3.21. The van der Waals surface area contributed by atoms with Gasteiger partial charge in [-0.3, -0.25) is 9.59 Å². The molecule has 0 aromatic heterocycles. The molecule has 1 aliphatic rings. The zero-order valence-corrected chi connectivity index (χ0v) is 33.7. The molecule has 0 aliphatic heterocycles. The molecule has 0 unspecified atom stereocenters. The van der Waals surface area contributed by atoms with Gasteiger partial charge in [-0.05, 0) is 74.6 Å². The number of rotatable bonds is 20. The Morgan fingerprint density at radius 3 is 2.13 bits per heavy atom. The van der Waals surface area contributed by atoms with Crippen LogP contribution in [0.2, 0.25) is 36.3 Å². The van der Waals surface area contributed by atoms with Crippen molar-refractivity contribution in [2.75, 3.05) is 26.1 Å². The molecule has 0 fully saturated rings. The summed E-state index contributed by atoms with van der Waals surface area (Å²) in [6.45, 7) is 28.1. The van der Waals surface area contributed by atoms with Crippen molar-refractivity contribution in [3.8, 4) is 0 Å². The predicted molar refractivity (Wildman–Crippen MR) is 193 cm³/mol. The Morgan fingerprint density at radius 2 is 1.58 bits per heavy atom. The van der Waals surface area contributed by atoms with Crippen LogP contribution in [-0.2, 0) is 32.7 Å². The van der Waals surface area contributed by atoms with Crippen LogP contribution in [0, 0.1) is 5.92 Å². The monoisotopic (exact) mass is 686 g/mol. The number of carbonyl (C=O) groups is 2. The molecule has 10 heteroatoms. The molecule has 262 valence electrons. The van der Waals surface area contributed by atoms with E-state index in [1.807, 2.05) is 13.8 Å². The fourth-order valence-electron chi connectivity index (χ4n) is 4.48. The number of hydrogen-bond acceptors (Lipinski definition) is 8. The van der Waals surface area contributed by atoms with Gasteiger partial charge in [0.05, 0.1) is 19.3 Å². The molecule has 45 heavy (non-hydrogen) atoms. The quantitative estimate of drug-likeness (QED) is 0.0542. The summed E-state index contributed by atoms with van der Waals surface area (Å²) in [5, 5.41) is 0.128. The lowest BCUT2D eigenvalue weighted by atomic mass is 10.0. The van der Waals surface area contributed by atoms with Crippen LogP contribution in [0.3, 0.4) is 0 Å². The Hall–Kier alpha value is -0.916. The zero-order chi connectivity index (χ0) is 34.5. The highest BCUT2D eigenvalue weighted by Crippen LogP contribution is 2.47. The van der Waals surface area contributed by atoms with E-state index >= 15 is 0 Å². The maximum absolute atomic E-state index is 12.8. The van der Waals surface area contributed by atoms with Crippen molar-refractivity contribution in [3.05, 3.63) is 22.8 Å². The second kappa shape index (κ2) is 19.2. The van der Waals surface area contributed by atoms with Gasteiger partial charge in [-0.1, -0.05) is 67.0 Å². The maximum atomic E-state index is 12.8. The lowest BCUT2D eigenvalue weighted by Crippen LogP contribution is -2.45. The molecule has 0 saturated heterocycles. The molecule has 0 heterocycles. The number of carbonyl (C=O) groups excluding carboxylic acids is 2. The topological polar surface area (TPSA) is 80.3 Å². The Balaban J connectivity index is 3.46. The van der Waals surface area contributed by atoms with Crippen LogP contribution in [0.4, 0.5) is 0 Å². The van der Waals surface area contributed by atoms with Gasteiger partial charge in [0.15, 0.2) is 16.6 Å². The summed E-state index contributed by atoms with van der Waals surface area (Å²) in [5.41, 5.74) is 0. The third-order valence-corrected chi connectivity index (χ3v) is 19.7. The standard InChI is InChI=1S/C35H66O7SSi2/c1-14-19-32(37)40-30-26-29(42-45(12,13)35(6,7)8)28(33(30)43-25-18-16-17-20-31(36)38-9)22-21-27(23-24-39-15-2)41-44(10,11)34(3,4)5/h21-22,27-29H,14-20,23-26H2,1-13H3/b22-21+/t27-,28+,29-/m1/s1. The fourth-order valence-corrected chi connectivity index (χ4v) is 8.40. The number of thioether (sulfide) groups is 1. The van der Waals surface area contributed by atoms with Crippen molar-refractivity contribution in [2.45, 2.75) is 155 Å². The van der Waals surface area contributed by atoms with Crippen LogP contribution >= 0.6 is 11.8 Å². The van der Waals surface area contributed by atoms with Crippen LogP contribution in [0.5, 0.6) is 0 Å². The first-order valence-electron chi connectivity index (χ1n) is 17.0. The van der Waals surface area contributed by atoms with Crippen LogP contribution in [0.15, 0.2) is 22.8 Å². The second-order valence-corrected chi connectivity index (χ2v) is 25.8. The number of hydrogen-bond donors (Lipinski definition) is 0. The summed E-state index contributed by atoms with van der Waals surface area (Å²) in [7, 11) is -2.74. The van der Waals surface area contributed by atoms with Gasteiger partial charge >= 0.3 is 11.9 Å². The van der Waals surface area contributed by atoms with Crippen LogP contribution in [0.1, 0.15) is 107 Å². The van der Waals surface area contributed by atoms with E-state index < -0.39 is 16.6 Å². The molecule has 0 amide bonds. The molecular weight excluding hydrogens is 621 g/mol. The second-order valence-electron chi connectivity index (χ2n) is 15.2. The summed E-state index contributed by atoms with van der Waals surface area (Å²) in [4.78, 5) is 25.4. The van der Waals surface area contributed by atoms with E-state index in [2.05, 4.69) is 79.9 Å². The summed E-state index contributed by atoms with van der Waals surface area (Å²) < 4.78 is 30.6. The van der Waals surface area contributed by atoms with E-state index in [1.54, 1.807) is 11.8 Å². The molecule has 0 saturated carbocycles. The predicted octanol–water partition coefficient (Wildman–Crippen LogP) is 9.79. The highest BCUT2D eigenvalue weighted by molar-refractivity contribution is 8.03. The third kappa shape index (κ3) is 14.4. The van der Waals surface area contributed by atoms with Crippen LogP contribution in [0.25, 0.3) is 0 Å². The minimum Gasteiger partial charge on any atom is -0.469 e. The van der Waals surface area contributed by atoms with E-state index in [4.69, 9.17) is 23.1 Å². The van der Waals surface area contributed by atoms with E-state index in [9.17, 15) is 9.59 Å². The van der Waals surface area contributed by atoms with Gasteiger partial charge in [0.2, 0.25) is 0 Å². The molecule has 0 bridgehead atoms. The van der Waals surface area contributed by atoms with Crippen LogP contribution < -0.4 is 0 Å². The minimum atomic E-state index is -2.13. The van der Waals surface area contributed by atoms with E-state index in [0.717, 1.165) is 48.5 Å². The summed E-state index contributed by atoms with van der Waals surface area (Å²) in [5.74, 6) is 1.23. The van der Waals surface area contributed by atoms with E-state index in [-0.39, 0.29) is 40.1 Å². The van der Waals surface area contributed by atoms with Crippen molar-refractivity contribution >= 4 is 40.3 Å². The summed E-state index contributed by atoms with van der Waals surface area (Å²) in [6.07, 6.45) is 9.92. The molecule has 1 rings (SSSR count). The normalized spacial score (nSPS) is 19.0. The van der Waals surface area contributed by atoms with Crippen molar-refractivity contribution < 1.29 is 32.7 Å². The Morgan fingerprint density at radius 1 is 0.933 bits per heavy atom. The lowest BCUT2D eigenvalue weighted by Gasteiger charge is -2.40. The van der Waals surface area contributed by atoms with Gasteiger partial charge < -0.3 is 23.1 Å². The highest BCUT2D eigenvalue weighted by Gasteiger charge is 2.45. The maximum Gasteiger partial charge on any atom is 0.310 e. The SMILES string of the molecule is CCCC(=O)OC1=C(SCCCCCC(=O)OC)[C@@H](/C=C/[C@H](CCOCC)O[Si](C)(C)C(C)(C)C)[C@H](O[Si](C)(C)C(C)(C)C)C1. The zero-order valence-electron chi connectivity index (χ0n) is 30.9. The molecule has 0 radical (unpaired) electrons. The van der Waals surface area contributed by atoms with Gasteiger partial charge in [0.25, 0.3) is 0 Å². The molecule has 0 aromatic rings. The first kappa shape index (κ1) is 42.1. The van der Waals surface area contributed by atoms with Gasteiger partial charge in [-0.2, -0.15) is 0 Å². The lowest BCUT2D eigenvalue weighted by molar-refractivity contribution is -0.141. The summed E-state index contributed by atoms with van der Waals surface area (Å²) >= 11 is 1.77. The van der Waals surface area contributed by atoms with E-state index in [0.29, 0.717) is 32.5 Å². The fraction of sp³-hybridized carbons (Fsp3) is 0.829. The molecule has 7 nitrogen and oxygen atoms in total. The first-order valence-corrected chi connectivity index (χ1v) is 23.8. The Kier molecular flexibility index (Phi) is 17.9. The molecular formula is C35H66O7SSi2. The number of methoxy groups -OCH3 is 1. The molecule has 0 spiro atoms. The number of unbranched alkanes of at least 4 members (excludes halogenated alkanes) is 2. The smallest absolute Gasteiger partial charge is 0.310 e. The van der Waals surface area contributed by atoms with Crippen molar-refractivity contribution in [1.29, 1.82) is 0 Å². The highest BCUT2D eigenvalue weighted by atomic mass is 32.2. The van der Waals surface area contributed by atoms with Gasteiger partial charge in [0, 0.05) is 43.3 Å². The Labute approximate surface area is 282 Å². The largest absolute Gasteiger partial charge is 0.469 e.